The van der Waals surface area contributed by atoms with Crippen molar-refractivity contribution >= 4 is 33.6 Å². The van der Waals surface area contributed by atoms with Gasteiger partial charge in [-0.15, -0.1) is 0 Å². The highest BCUT2D eigenvalue weighted by atomic mass is 16.5. The molecule has 1 saturated carbocycles. The largest absolute Gasteiger partial charge is 0.464 e. The fourth-order valence-electron chi connectivity index (χ4n) is 4.38. The molecular weight excluding hydrogens is 366 g/mol. The first-order chi connectivity index (χ1) is 14.0. The average Bonchev–Trinajstić information content (AvgIpc) is 3.16. The van der Waals surface area contributed by atoms with E-state index in [0.29, 0.717) is 0 Å². The Morgan fingerprint density at radius 2 is 1.90 bits per heavy atom. The molecule has 1 aromatic heterocycles. The van der Waals surface area contributed by atoms with Crippen LogP contribution in [0.1, 0.15) is 44.6 Å². The maximum atomic E-state index is 12.7. The third-order valence-electron chi connectivity index (χ3n) is 6.00. The molecule has 0 aliphatic heterocycles. The lowest BCUT2D eigenvalue weighted by molar-refractivity contribution is -0.159. The topological polar surface area (TPSA) is 59.8 Å². The van der Waals surface area contributed by atoms with Gasteiger partial charge in [0.05, 0.1) is 12.7 Å². The van der Waals surface area contributed by atoms with Gasteiger partial charge in [-0.25, -0.2) is 0 Å². The van der Waals surface area contributed by atoms with E-state index in [1.807, 2.05) is 43.4 Å². The van der Waals surface area contributed by atoms with Crippen LogP contribution < -0.4 is 0 Å². The Kier molecular flexibility index (Phi) is 5.56. The summed E-state index contributed by atoms with van der Waals surface area (Å²) in [5.74, 6) is -0.550. The van der Waals surface area contributed by atoms with Gasteiger partial charge in [-0.2, -0.15) is 0 Å². The van der Waals surface area contributed by atoms with Gasteiger partial charge in [-0.3, -0.25) is 9.59 Å². The van der Waals surface area contributed by atoms with Gasteiger partial charge >= 0.3 is 5.97 Å². The van der Waals surface area contributed by atoms with E-state index in [-0.39, 0.29) is 18.4 Å². The van der Waals surface area contributed by atoms with Crippen molar-refractivity contribution in [3.05, 3.63) is 48.2 Å². The number of benzene rings is 2. The molecule has 3 aromatic rings. The molecule has 1 aliphatic rings. The number of hydrogen-bond acceptors (Lipinski definition) is 4. The number of fused-ring (bicyclic) bond motifs is 3. The highest BCUT2D eigenvalue weighted by Gasteiger charge is 2.28. The van der Waals surface area contributed by atoms with E-state index in [9.17, 15) is 9.59 Å². The molecule has 1 aliphatic carbocycles. The second-order valence-corrected chi connectivity index (χ2v) is 7.97. The van der Waals surface area contributed by atoms with Crippen molar-refractivity contribution in [2.24, 2.45) is 0 Å². The first kappa shape index (κ1) is 19.5. The number of likely N-dealkylation sites (N-methyl/N-ethyl adjacent to an activating group) is 1. The van der Waals surface area contributed by atoms with Gasteiger partial charge in [0.25, 0.3) is 5.91 Å². The zero-order valence-corrected chi connectivity index (χ0v) is 17.0. The number of nitrogens with zero attached hydrogens (tertiary/aromatic N) is 1. The van der Waals surface area contributed by atoms with E-state index in [4.69, 9.17) is 9.15 Å². The SMILES string of the molecule is C[C@@H](OC(=O)Cc1coc2ccc3ccccc3c12)C(=O)N(C)C1CCCCC1. The van der Waals surface area contributed by atoms with Crippen molar-refractivity contribution in [2.75, 3.05) is 7.05 Å². The summed E-state index contributed by atoms with van der Waals surface area (Å²) in [5.41, 5.74) is 1.52. The normalized spacial score (nSPS) is 16.1. The molecule has 0 spiro atoms. The van der Waals surface area contributed by atoms with Crippen molar-refractivity contribution in [1.82, 2.24) is 4.90 Å². The van der Waals surface area contributed by atoms with E-state index in [1.54, 1.807) is 18.1 Å². The fourth-order valence-corrected chi connectivity index (χ4v) is 4.38. The number of amides is 1. The molecule has 152 valence electrons. The Morgan fingerprint density at radius 3 is 2.69 bits per heavy atom. The third kappa shape index (κ3) is 4.00. The van der Waals surface area contributed by atoms with Crippen LogP contribution in [0.2, 0.25) is 0 Å². The molecule has 5 heteroatoms. The molecule has 29 heavy (non-hydrogen) atoms. The van der Waals surface area contributed by atoms with Crippen LogP contribution in [0.3, 0.4) is 0 Å². The summed E-state index contributed by atoms with van der Waals surface area (Å²) in [6, 6.07) is 12.2. The number of furan rings is 1. The quantitative estimate of drug-likeness (QED) is 0.581. The second kappa shape index (κ2) is 8.27. The summed E-state index contributed by atoms with van der Waals surface area (Å²) in [5, 5.41) is 3.06. The minimum Gasteiger partial charge on any atom is -0.464 e. The Hall–Kier alpha value is -2.82. The monoisotopic (exact) mass is 393 g/mol. The number of carbonyl (C=O) groups excluding carboxylic acids is 2. The molecule has 1 fully saturated rings. The van der Waals surface area contributed by atoms with Gasteiger partial charge in [-0.1, -0.05) is 49.6 Å². The summed E-state index contributed by atoms with van der Waals surface area (Å²) in [6.07, 6.45) is 6.48. The molecule has 0 radical (unpaired) electrons. The maximum absolute atomic E-state index is 12.7. The predicted octanol–water partition coefficient (Wildman–Crippen LogP) is 4.85. The van der Waals surface area contributed by atoms with E-state index in [1.165, 1.54) is 6.42 Å². The molecule has 1 atom stereocenters. The Labute approximate surface area is 170 Å². The minimum atomic E-state index is -0.788. The van der Waals surface area contributed by atoms with Gasteiger partial charge in [0.1, 0.15) is 5.58 Å². The highest BCUT2D eigenvalue weighted by molar-refractivity contribution is 6.08. The zero-order chi connectivity index (χ0) is 20.4. The van der Waals surface area contributed by atoms with Crippen molar-refractivity contribution in [1.29, 1.82) is 0 Å². The summed E-state index contributed by atoms with van der Waals surface area (Å²) < 4.78 is 11.1. The number of carbonyl (C=O) groups is 2. The molecule has 1 heterocycles. The average molecular weight is 393 g/mol. The Bertz CT molecular complexity index is 1030. The summed E-state index contributed by atoms with van der Waals surface area (Å²) in [7, 11) is 1.82. The van der Waals surface area contributed by atoms with Crippen LogP contribution >= 0.6 is 0 Å². The number of esters is 1. The molecule has 0 bridgehead atoms. The van der Waals surface area contributed by atoms with Crippen LogP contribution in [0, 0.1) is 0 Å². The molecule has 0 N–H and O–H groups in total. The van der Waals surface area contributed by atoms with E-state index >= 15 is 0 Å². The summed E-state index contributed by atoms with van der Waals surface area (Å²) in [6.45, 7) is 1.66. The lowest BCUT2D eigenvalue weighted by atomic mass is 9.94. The summed E-state index contributed by atoms with van der Waals surface area (Å²) >= 11 is 0. The Morgan fingerprint density at radius 1 is 1.14 bits per heavy atom. The van der Waals surface area contributed by atoms with Gasteiger partial charge in [0.15, 0.2) is 6.10 Å². The van der Waals surface area contributed by atoms with Crippen LogP contribution in [0.5, 0.6) is 0 Å². The molecule has 0 unspecified atom stereocenters. The predicted molar refractivity (Wildman–Crippen MR) is 113 cm³/mol. The highest BCUT2D eigenvalue weighted by Crippen LogP contribution is 2.30. The van der Waals surface area contributed by atoms with Crippen LogP contribution in [0.4, 0.5) is 0 Å². The number of hydrogen-bond donors (Lipinski definition) is 0. The van der Waals surface area contributed by atoms with Gasteiger partial charge in [-0.05, 0) is 36.6 Å². The fraction of sp³-hybridized carbons (Fsp3) is 0.417. The van der Waals surface area contributed by atoms with Crippen LogP contribution in [0.15, 0.2) is 47.1 Å². The first-order valence-electron chi connectivity index (χ1n) is 10.4. The zero-order valence-electron chi connectivity index (χ0n) is 17.0. The van der Waals surface area contributed by atoms with Crippen molar-refractivity contribution < 1.29 is 18.7 Å². The molecule has 2 aromatic carbocycles. The van der Waals surface area contributed by atoms with E-state index in [2.05, 4.69) is 0 Å². The standard InChI is InChI=1S/C24H27NO4/c1-16(24(27)25(2)19-9-4-3-5-10-19)29-22(26)14-18-15-28-21-13-12-17-8-6-7-11-20(17)23(18)21/h6-8,11-13,15-16,19H,3-5,9-10,14H2,1-2H3/t16-/m1/s1. The first-order valence-corrected chi connectivity index (χ1v) is 10.4. The lowest BCUT2D eigenvalue weighted by Crippen LogP contribution is -2.44. The molecule has 4 rings (SSSR count). The number of ether oxygens (including phenoxy) is 1. The van der Waals surface area contributed by atoms with Crippen molar-refractivity contribution in [3.63, 3.8) is 0 Å². The van der Waals surface area contributed by atoms with Crippen LogP contribution in [-0.4, -0.2) is 36.0 Å². The van der Waals surface area contributed by atoms with E-state index < -0.39 is 12.1 Å². The second-order valence-electron chi connectivity index (χ2n) is 7.97. The van der Waals surface area contributed by atoms with Gasteiger partial charge < -0.3 is 14.1 Å². The van der Waals surface area contributed by atoms with Crippen LogP contribution in [-0.2, 0) is 20.7 Å². The molecular formula is C24H27NO4. The summed E-state index contributed by atoms with van der Waals surface area (Å²) in [4.78, 5) is 27.0. The Balaban J connectivity index is 1.45. The van der Waals surface area contributed by atoms with Crippen LogP contribution in [0.25, 0.3) is 21.7 Å². The van der Waals surface area contributed by atoms with Crippen molar-refractivity contribution in [2.45, 2.75) is 57.6 Å². The minimum absolute atomic E-state index is 0.0752. The molecule has 0 saturated heterocycles. The molecule has 5 nitrogen and oxygen atoms in total. The van der Waals surface area contributed by atoms with Gasteiger partial charge in [0.2, 0.25) is 0 Å². The van der Waals surface area contributed by atoms with Gasteiger partial charge in [0, 0.05) is 24.0 Å². The molecule has 1 amide bonds. The maximum Gasteiger partial charge on any atom is 0.311 e. The number of rotatable bonds is 5. The smallest absolute Gasteiger partial charge is 0.311 e. The lowest BCUT2D eigenvalue weighted by Gasteiger charge is -2.32. The van der Waals surface area contributed by atoms with E-state index in [0.717, 1.165) is 53.0 Å². The van der Waals surface area contributed by atoms with Crippen molar-refractivity contribution in [3.8, 4) is 0 Å². The third-order valence-corrected chi connectivity index (χ3v) is 6.00.